The van der Waals surface area contributed by atoms with Crippen molar-refractivity contribution in [2.24, 2.45) is 23.3 Å². The molecule has 3 aliphatic heterocycles. The van der Waals surface area contributed by atoms with Gasteiger partial charge in [-0.3, -0.25) is 38.5 Å². The number of primary amides is 2. The predicted molar refractivity (Wildman–Crippen MR) is 254 cm³/mol. The normalized spacial score (nSPS) is 21.0. The molecule has 4 aliphatic rings. The van der Waals surface area contributed by atoms with Crippen LogP contribution in [0.5, 0.6) is 0 Å². The summed E-state index contributed by atoms with van der Waals surface area (Å²) in [6, 6.07) is 2.92. The van der Waals surface area contributed by atoms with Crippen molar-refractivity contribution in [3.63, 3.8) is 0 Å². The molecule has 73 heavy (non-hydrogen) atoms. The van der Waals surface area contributed by atoms with E-state index in [4.69, 9.17) is 54.1 Å². The number of rotatable bonds is 33. The van der Waals surface area contributed by atoms with Crippen LogP contribution < -0.4 is 22.1 Å². The van der Waals surface area contributed by atoms with Crippen LogP contribution in [0.4, 0.5) is 9.59 Å². The molecule has 1 aliphatic carbocycles. The zero-order valence-electron chi connectivity index (χ0n) is 42.2. The minimum absolute atomic E-state index is 0.141. The zero-order chi connectivity index (χ0) is 53.4. The van der Waals surface area contributed by atoms with E-state index in [1.807, 2.05) is 0 Å². The smallest absolute Gasteiger partial charge is 0.410 e. The largest absolute Gasteiger partial charge is 0.449 e. The number of Topliss-reactive ketones (excluding diaryl/α,β-unsaturated/α-hetero) is 4. The van der Waals surface area contributed by atoms with E-state index in [1.54, 1.807) is 50.1 Å². The standard InChI is InChI=1S/C49H68N6O18/c1-28(21-34(56)26-71-20-19-70-18-17-69-16-15-68-14-13-67-12-11-65-5)45(61)52-31(4)46(62)53-36(23-39(50)58)38(57)22-32-7-9-33(10-8-32)25-73-48(64)55-37-24-54-41-40(42(59)29(2)30(3)43(41)60)35(27-72-47(51)63)49(54,66-6)44(37)55/h7-10,28,31,35-37,44H,11-27H2,1-6H3,(H2,50,58)(H2,51,63)(H,52,61)(H,53,62)/t28-,31+,35-,36+,37-,44-,49-,55?/m0/s1. The highest BCUT2D eigenvalue weighted by molar-refractivity contribution is 6.25. The molecule has 0 saturated carbocycles. The fourth-order valence-electron chi connectivity index (χ4n) is 8.99. The first-order valence-electron chi connectivity index (χ1n) is 24.0. The molecule has 402 valence electrons. The average Bonchev–Trinajstić information content (AvgIpc) is 3.87. The summed E-state index contributed by atoms with van der Waals surface area (Å²) in [4.78, 5) is 119. The Bertz CT molecular complexity index is 2270. The van der Waals surface area contributed by atoms with Crippen LogP contribution in [0.2, 0.25) is 0 Å². The number of nitrogens with one attached hydrogen (secondary N) is 2. The summed E-state index contributed by atoms with van der Waals surface area (Å²) in [5, 5.41) is 5.03. The molecule has 1 aromatic rings. The number of piperazine rings is 1. The van der Waals surface area contributed by atoms with Gasteiger partial charge in [0, 0.05) is 56.2 Å². The number of benzene rings is 1. The molecule has 0 spiro atoms. The lowest BCUT2D eigenvalue weighted by molar-refractivity contribution is -0.144. The van der Waals surface area contributed by atoms with Crippen LogP contribution in [0.25, 0.3) is 0 Å². The van der Waals surface area contributed by atoms with Gasteiger partial charge in [0.1, 0.15) is 31.9 Å². The van der Waals surface area contributed by atoms with Crippen LogP contribution in [0.15, 0.2) is 46.7 Å². The Labute approximate surface area is 422 Å². The molecule has 2 saturated heterocycles. The van der Waals surface area contributed by atoms with Crippen molar-refractivity contribution in [1.82, 2.24) is 20.4 Å². The van der Waals surface area contributed by atoms with Crippen LogP contribution in [0, 0.1) is 11.8 Å². The molecule has 0 bridgehead atoms. The van der Waals surface area contributed by atoms with Crippen molar-refractivity contribution >= 4 is 53.0 Å². The predicted octanol–water partition coefficient (Wildman–Crippen LogP) is -0.197. The first-order chi connectivity index (χ1) is 34.9. The maximum absolute atomic E-state index is 13.6. The van der Waals surface area contributed by atoms with Gasteiger partial charge in [-0.1, -0.05) is 31.2 Å². The van der Waals surface area contributed by atoms with Crippen LogP contribution in [0.1, 0.15) is 51.7 Å². The van der Waals surface area contributed by atoms with Crippen LogP contribution in [-0.2, 0) is 89.2 Å². The van der Waals surface area contributed by atoms with E-state index in [0.717, 1.165) is 0 Å². The Morgan fingerprint density at radius 3 is 1.85 bits per heavy atom. The number of nitrogens with two attached hydrogens (primary N) is 2. The first kappa shape index (κ1) is 57.7. The summed E-state index contributed by atoms with van der Waals surface area (Å²) in [6.45, 7) is 9.27. The maximum Gasteiger partial charge on any atom is 0.410 e. The van der Waals surface area contributed by atoms with Crippen molar-refractivity contribution in [2.45, 2.75) is 83.5 Å². The van der Waals surface area contributed by atoms with E-state index in [0.29, 0.717) is 64.0 Å². The third-order valence-corrected chi connectivity index (χ3v) is 12.9. The third kappa shape index (κ3) is 14.8. The molecule has 24 heteroatoms. The number of allylic oxidation sites excluding steroid dienone is 2. The molecule has 1 aromatic carbocycles. The third-order valence-electron chi connectivity index (χ3n) is 12.9. The summed E-state index contributed by atoms with van der Waals surface area (Å²) in [5.74, 6) is -5.56. The van der Waals surface area contributed by atoms with Crippen molar-refractivity contribution < 1.29 is 85.8 Å². The topological polar surface area (TPSA) is 319 Å². The molecule has 0 aromatic heterocycles. The number of hydrogen-bond donors (Lipinski definition) is 4. The number of carbonyl (C=O) groups excluding carboxylic acids is 9. The first-order valence-corrected chi connectivity index (χ1v) is 24.0. The summed E-state index contributed by atoms with van der Waals surface area (Å²) in [5.41, 5.74) is 11.2. The summed E-state index contributed by atoms with van der Waals surface area (Å²) < 4.78 is 48.7. The summed E-state index contributed by atoms with van der Waals surface area (Å²) in [6.07, 6.45) is -2.65. The van der Waals surface area contributed by atoms with E-state index in [1.165, 1.54) is 25.9 Å². The Hall–Kier alpha value is -6.15. The van der Waals surface area contributed by atoms with E-state index >= 15 is 0 Å². The summed E-state index contributed by atoms with van der Waals surface area (Å²) in [7, 11) is 3.00. The van der Waals surface area contributed by atoms with Gasteiger partial charge in [0.25, 0.3) is 0 Å². The van der Waals surface area contributed by atoms with E-state index in [2.05, 4.69) is 10.6 Å². The Morgan fingerprint density at radius 2 is 1.29 bits per heavy atom. The van der Waals surface area contributed by atoms with E-state index in [9.17, 15) is 43.2 Å². The molecule has 6 N–H and O–H groups in total. The summed E-state index contributed by atoms with van der Waals surface area (Å²) >= 11 is 0. The van der Waals surface area contributed by atoms with Crippen LogP contribution in [0.3, 0.4) is 0 Å². The lowest BCUT2D eigenvalue weighted by Gasteiger charge is -2.40. The minimum Gasteiger partial charge on any atom is -0.449 e. The van der Waals surface area contributed by atoms with Crippen molar-refractivity contribution in [3.05, 3.63) is 57.8 Å². The highest BCUT2D eigenvalue weighted by Crippen LogP contribution is 2.60. The zero-order valence-corrected chi connectivity index (χ0v) is 42.2. The second-order valence-corrected chi connectivity index (χ2v) is 18.0. The fraction of sp³-hybridized carbons (Fsp3) is 0.612. The number of nitrogens with zero attached hydrogens (tertiary/aromatic N) is 2. The van der Waals surface area contributed by atoms with Crippen LogP contribution in [-0.4, -0.2) is 193 Å². The molecule has 3 heterocycles. The second-order valence-electron chi connectivity index (χ2n) is 18.0. The van der Waals surface area contributed by atoms with Gasteiger partial charge in [-0.25, -0.2) is 9.59 Å². The van der Waals surface area contributed by atoms with Gasteiger partial charge in [0.2, 0.25) is 23.5 Å². The molecular weight excluding hydrogens is 961 g/mol. The lowest BCUT2D eigenvalue weighted by Crippen LogP contribution is -2.56. The fourth-order valence-corrected chi connectivity index (χ4v) is 8.99. The van der Waals surface area contributed by atoms with Gasteiger partial charge in [-0.15, -0.1) is 0 Å². The molecule has 5 rings (SSSR count). The molecule has 0 unspecified atom stereocenters. The molecular formula is C49H68N6O18. The molecule has 5 amide bonds. The average molecular weight is 1030 g/mol. The monoisotopic (exact) mass is 1030 g/mol. The highest BCUT2D eigenvalue weighted by atomic mass is 16.6. The van der Waals surface area contributed by atoms with Gasteiger partial charge >= 0.3 is 12.2 Å². The molecule has 2 fully saturated rings. The molecule has 0 radical (unpaired) electrons. The number of hydrogen-bond acceptors (Lipinski definition) is 19. The van der Waals surface area contributed by atoms with Gasteiger partial charge in [0.15, 0.2) is 23.1 Å². The minimum atomic E-state index is -1.42. The van der Waals surface area contributed by atoms with Crippen LogP contribution >= 0.6 is 0 Å². The Morgan fingerprint density at radius 1 is 0.726 bits per heavy atom. The van der Waals surface area contributed by atoms with E-state index in [-0.39, 0.29) is 92.2 Å². The quantitative estimate of drug-likeness (QED) is 0.0403. The second kappa shape index (κ2) is 27.2. The Balaban J connectivity index is 1.01. The number of fused-ring (bicyclic) bond motifs is 4. The number of carbonyl (C=O) groups is 9. The van der Waals surface area contributed by atoms with Crippen molar-refractivity contribution in [1.29, 1.82) is 0 Å². The molecule has 7 atom stereocenters. The highest BCUT2D eigenvalue weighted by Gasteiger charge is 2.78. The Kier molecular flexibility index (Phi) is 21.5. The van der Waals surface area contributed by atoms with Crippen molar-refractivity contribution in [3.8, 4) is 0 Å². The number of methoxy groups -OCH3 is 2. The number of ether oxygens (including phenoxy) is 9. The molecule has 24 nitrogen and oxygen atoms in total. The van der Waals surface area contributed by atoms with E-state index < -0.39 is 83.8 Å². The maximum atomic E-state index is 13.6. The number of ketones is 4. The van der Waals surface area contributed by atoms with Crippen molar-refractivity contribution in [2.75, 3.05) is 100 Å². The van der Waals surface area contributed by atoms with Gasteiger partial charge in [-0.2, -0.15) is 0 Å². The lowest BCUT2D eigenvalue weighted by atomic mass is 9.81. The number of amides is 5. The van der Waals surface area contributed by atoms with Gasteiger partial charge in [0.05, 0.1) is 96.2 Å². The SMILES string of the molecule is COCCOCCOCCOCCOCCOCC(=O)C[C@H](C)C(=O)N[C@H](C)C(=O)N[C@H](CC(N)=O)C(=O)Cc1ccc(COC(=O)N2[C@H]3[C@@H]2CN2C4=C(C(=O)C(C)=C(C)C4=O)[C@H](COC(N)=O)[C@]32OC)cc1. The van der Waals surface area contributed by atoms with Gasteiger partial charge in [-0.05, 0) is 31.9 Å². The van der Waals surface area contributed by atoms with Gasteiger partial charge < -0.3 is 69.6 Å².